The normalized spacial score (nSPS) is 11.4. The smallest absolute Gasteiger partial charge is 0.216 e. The van der Waals surface area contributed by atoms with E-state index in [2.05, 4.69) is 36.3 Å². The van der Waals surface area contributed by atoms with Crippen LogP contribution in [0.15, 0.2) is 64.2 Å². The van der Waals surface area contributed by atoms with Crippen molar-refractivity contribution in [1.82, 2.24) is 24.7 Å². The van der Waals surface area contributed by atoms with E-state index in [1.54, 1.807) is 10.9 Å². The second kappa shape index (κ2) is 7.65. The van der Waals surface area contributed by atoms with Gasteiger partial charge in [-0.25, -0.2) is 9.78 Å². The van der Waals surface area contributed by atoms with Gasteiger partial charge in [-0.05, 0) is 50.3 Å². The molecule has 2 aromatic carbocycles. The fourth-order valence-electron chi connectivity index (χ4n) is 2.99. The molecule has 0 bridgehead atoms. The lowest BCUT2D eigenvalue weighted by Crippen LogP contribution is -1.99. The highest BCUT2D eigenvalue weighted by atomic mass is 79.9. The van der Waals surface area contributed by atoms with Crippen LogP contribution in [-0.4, -0.2) is 30.9 Å². The molecule has 0 unspecified atom stereocenters. The van der Waals surface area contributed by atoms with Crippen molar-refractivity contribution in [1.29, 1.82) is 0 Å². The summed E-state index contributed by atoms with van der Waals surface area (Å²) in [5, 5.41) is 16.4. The minimum absolute atomic E-state index is 0.424. The van der Waals surface area contributed by atoms with Gasteiger partial charge in [0.25, 0.3) is 0 Å². The molecule has 1 N–H and O–H groups in total. The van der Waals surface area contributed by atoms with Crippen molar-refractivity contribution in [2.75, 3.05) is 0 Å². The van der Waals surface area contributed by atoms with E-state index in [9.17, 15) is 0 Å². The number of aryl methyl sites for hydroxylation is 1. The Morgan fingerprint density at radius 2 is 1.79 bits per heavy atom. The van der Waals surface area contributed by atoms with Crippen LogP contribution in [0.4, 0.5) is 0 Å². The fraction of sp³-hybridized carbons (Fsp3) is 0.100. The number of rotatable bonds is 4. The average Bonchev–Trinajstić information content (AvgIpc) is 3.20. The molecular weight excluding hydrogens is 436 g/mol. The van der Waals surface area contributed by atoms with Gasteiger partial charge in [0, 0.05) is 15.6 Å². The molecule has 28 heavy (non-hydrogen) atoms. The van der Waals surface area contributed by atoms with Crippen molar-refractivity contribution >= 4 is 34.4 Å². The maximum Gasteiger partial charge on any atom is 0.216 e. The van der Waals surface area contributed by atoms with Gasteiger partial charge >= 0.3 is 0 Å². The van der Waals surface area contributed by atoms with Gasteiger partial charge < -0.3 is 0 Å². The number of aromatic nitrogens is 5. The Morgan fingerprint density at radius 1 is 1.07 bits per heavy atom. The number of hydrogen-bond acceptors (Lipinski definition) is 4. The number of H-pyrrole nitrogens is 1. The molecule has 0 amide bonds. The molecule has 4 rings (SSSR count). The summed E-state index contributed by atoms with van der Waals surface area (Å²) in [6.07, 6.45) is 1.78. The molecule has 2 heterocycles. The zero-order valence-corrected chi connectivity index (χ0v) is 17.7. The molecule has 0 atom stereocenters. The van der Waals surface area contributed by atoms with Crippen LogP contribution in [0, 0.1) is 18.6 Å². The van der Waals surface area contributed by atoms with Crippen molar-refractivity contribution in [2.24, 2.45) is 5.10 Å². The van der Waals surface area contributed by atoms with E-state index in [0.29, 0.717) is 10.6 Å². The van der Waals surface area contributed by atoms with E-state index in [1.165, 1.54) is 0 Å². The minimum Gasteiger partial charge on any atom is -0.250 e. The van der Waals surface area contributed by atoms with Crippen LogP contribution in [0.3, 0.4) is 0 Å². The summed E-state index contributed by atoms with van der Waals surface area (Å²) in [7, 11) is 0. The van der Waals surface area contributed by atoms with Crippen LogP contribution in [-0.2, 0) is 0 Å². The molecular formula is C20H17BrN6S. The predicted molar refractivity (Wildman–Crippen MR) is 117 cm³/mol. The number of aromatic amines is 1. The van der Waals surface area contributed by atoms with Crippen molar-refractivity contribution in [3.63, 3.8) is 0 Å². The highest BCUT2D eigenvalue weighted by Crippen LogP contribution is 2.26. The van der Waals surface area contributed by atoms with Gasteiger partial charge in [0.1, 0.15) is 0 Å². The summed E-state index contributed by atoms with van der Waals surface area (Å²) in [6, 6.07) is 17.8. The first-order chi connectivity index (χ1) is 13.6. The standard InChI is InChI=1S/C20H17BrN6S/c1-13-17(14(2)26(25-13)15-8-4-3-5-9-15)12-22-27-19(23-24-20(27)28)16-10-6-7-11-18(16)21/h3-12H,1-2H3,(H,24,28). The van der Waals surface area contributed by atoms with E-state index in [-0.39, 0.29) is 0 Å². The molecule has 4 aromatic rings. The molecule has 0 fully saturated rings. The van der Waals surface area contributed by atoms with Crippen molar-refractivity contribution in [3.8, 4) is 17.1 Å². The largest absolute Gasteiger partial charge is 0.250 e. The molecule has 0 saturated carbocycles. The van der Waals surface area contributed by atoms with E-state index in [1.807, 2.05) is 73.1 Å². The van der Waals surface area contributed by atoms with Crippen LogP contribution in [0.25, 0.3) is 17.1 Å². The minimum atomic E-state index is 0.424. The zero-order valence-electron chi connectivity index (χ0n) is 15.3. The monoisotopic (exact) mass is 452 g/mol. The SMILES string of the molecule is Cc1nn(-c2ccccc2)c(C)c1C=Nn1c(-c2ccccc2Br)n[nH]c1=S. The predicted octanol–water partition coefficient (Wildman–Crippen LogP) is 5.05. The summed E-state index contributed by atoms with van der Waals surface area (Å²) < 4.78 is 4.88. The van der Waals surface area contributed by atoms with Gasteiger partial charge in [-0.1, -0.05) is 46.3 Å². The van der Waals surface area contributed by atoms with Gasteiger partial charge in [0.15, 0.2) is 5.82 Å². The number of nitrogens with one attached hydrogen (secondary N) is 1. The fourth-order valence-corrected chi connectivity index (χ4v) is 3.63. The highest BCUT2D eigenvalue weighted by molar-refractivity contribution is 9.10. The Kier molecular flexibility index (Phi) is 5.06. The molecule has 6 nitrogen and oxygen atoms in total. The second-order valence-electron chi connectivity index (χ2n) is 6.22. The van der Waals surface area contributed by atoms with Crippen LogP contribution in [0.1, 0.15) is 17.0 Å². The van der Waals surface area contributed by atoms with Crippen LogP contribution >= 0.6 is 28.1 Å². The number of nitrogens with zero attached hydrogens (tertiary/aromatic N) is 5. The Balaban J connectivity index is 1.76. The second-order valence-corrected chi connectivity index (χ2v) is 7.46. The van der Waals surface area contributed by atoms with Gasteiger partial charge in [0.2, 0.25) is 4.77 Å². The molecule has 2 aromatic heterocycles. The summed E-state index contributed by atoms with van der Waals surface area (Å²) in [4.78, 5) is 0. The third kappa shape index (κ3) is 3.36. The number of para-hydroxylation sites is 1. The Morgan fingerprint density at radius 3 is 2.54 bits per heavy atom. The Bertz CT molecular complexity index is 1220. The number of benzene rings is 2. The molecule has 0 aliphatic heterocycles. The molecule has 0 spiro atoms. The van der Waals surface area contributed by atoms with Gasteiger partial charge in [-0.15, -0.1) is 0 Å². The van der Waals surface area contributed by atoms with Crippen molar-refractivity contribution in [3.05, 3.63) is 80.8 Å². The molecule has 0 aliphatic rings. The van der Waals surface area contributed by atoms with Crippen molar-refractivity contribution in [2.45, 2.75) is 13.8 Å². The van der Waals surface area contributed by atoms with E-state index >= 15 is 0 Å². The third-order valence-electron chi connectivity index (χ3n) is 4.42. The molecule has 0 radical (unpaired) electrons. The van der Waals surface area contributed by atoms with Crippen LogP contribution < -0.4 is 0 Å². The van der Waals surface area contributed by atoms with E-state index in [0.717, 1.165) is 32.7 Å². The number of hydrogen-bond donors (Lipinski definition) is 1. The molecule has 0 aliphatic carbocycles. The lowest BCUT2D eigenvalue weighted by atomic mass is 10.2. The van der Waals surface area contributed by atoms with Gasteiger partial charge in [-0.2, -0.15) is 20.0 Å². The summed E-state index contributed by atoms with van der Waals surface area (Å²) in [6.45, 7) is 3.99. The first kappa shape index (κ1) is 18.5. The highest BCUT2D eigenvalue weighted by Gasteiger charge is 2.13. The first-order valence-corrected chi connectivity index (χ1v) is 9.84. The van der Waals surface area contributed by atoms with Crippen LogP contribution in [0.5, 0.6) is 0 Å². The van der Waals surface area contributed by atoms with E-state index < -0.39 is 0 Å². The maximum absolute atomic E-state index is 5.37. The maximum atomic E-state index is 5.37. The van der Waals surface area contributed by atoms with Gasteiger partial charge in [0.05, 0.1) is 23.3 Å². The average molecular weight is 453 g/mol. The summed E-state index contributed by atoms with van der Waals surface area (Å²) >= 11 is 8.93. The molecule has 140 valence electrons. The lowest BCUT2D eigenvalue weighted by molar-refractivity contribution is 0.833. The summed E-state index contributed by atoms with van der Waals surface area (Å²) in [5.74, 6) is 0.638. The van der Waals surface area contributed by atoms with Crippen molar-refractivity contribution < 1.29 is 0 Å². The quantitative estimate of drug-likeness (QED) is 0.347. The molecule has 8 heteroatoms. The number of halogens is 1. The molecule has 0 saturated heterocycles. The topological polar surface area (TPSA) is 63.8 Å². The third-order valence-corrected chi connectivity index (χ3v) is 5.37. The lowest BCUT2D eigenvalue weighted by Gasteiger charge is -2.04. The van der Waals surface area contributed by atoms with Crippen LogP contribution in [0.2, 0.25) is 0 Å². The Labute approximate surface area is 175 Å². The summed E-state index contributed by atoms with van der Waals surface area (Å²) in [5.41, 5.74) is 4.76. The Hall–Kier alpha value is -2.84. The van der Waals surface area contributed by atoms with Gasteiger partial charge in [-0.3, -0.25) is 0 Å². The zero-order chi connectivity index (χ0) is 19.7. The first-order valence-electron chi connectivity index (χ1n) is 8.64. The van der Waals surface area contributed by atoms with E-state index in [4.69, 9.17) is 12.2 Å².